The lowest BCUT2D eigenvalue weighted by molar-refractivity contribution is -0.385. The zero-order valence-electron chi connectivity index (χ0n) is 9.28. The third-order valence-corrected chi connectivity index (χ3v) is 2.26. The Kier molecular flexibility index (Phi) is 3.09. The lowest BCUT2D eigenvalue weighted by Gasteiger charge is -2.19. The summed E-state index contributed by atoms with van der Waals surface area (Å²) in [6, 6.07) is 5.10. The molecule has 0 amide bonds. The second-order valence-electron chi connectivity index (χ2n) is 4.48. The predicted molar refractivity (Wildman–Crippen MR) is 59.8 cm³/mol. The van der Waals surface area contributed by atoms with Crippen molar-refractivity contribution in [3.8, 4) is 0 Å². The van der Waals surface area contributed by atoms with Crippen LogP contribution >= 0.6 is 0 Å². The average Bonchev–Trinajstić information content (AvgIpc) is 2.05. The maximum atomic E-state index is 10.7. The van der Waals surface area contributed by atoms with Gasteiger partial charge in [0.2, 0.25) is 0 Å². The number of hydrogen-bond acceptors (Lipinski definition) is 3. The van der Waals surface area contributed by atoms with Crippen molar-refractivity contribution in [1.29, 1.82) is 0 Å². The molecule has 0 atom stereocenters. The van der Waals surface area contributed by atoms with Crippen molar-refractivity contribution >= 4 is 5.69 Å². The van der Waals surface area contributed by atoms with Crippen LogP contribution in [0.1, 0.15) is 25.0 Å². The van der Waals surface area contributed by atoms with Gasteiger partial charge in [0.1, 0.15) is 0 Å². The van der Waals surface area contributed by atoms with E-state index >= 15 is 0 Å². The van der Waals surface area contributed by atoms with Gasteiger partial charge < -0.3 is 5.73 Å². The highest BCUT2D eigenvalue weighted by molar-refractivity contribution is 5.44. The van der Waals surface area contributed by atoms with E-state index in [1.54, 1.807) is 13.0 Å². The normalized spacial score (nSPS) is 11.5. The number of nitro benzene ring substituents is 1. The fourth-order valence-corrected chi connectivity index (χ4v) is 1.55. The number of rotatable bonds is 3. The molecular weight excluding hydrogens is 192 g/mol. The van der Waals surface area contributed by atoms with Gasteiger partial charge in [-0.3, -0.25) is 10.1 Å². The van der Waals surface area contributed by atoms with Crippen molar-refractivity contribution in [2.75, 3.05) is 0 Å². The molecule has 0 bridgehead atoms. The Hall–Kier alpha value is -1.42. The topological polar surface area (TPSA) is 69.2 Å². The highest BCUT2D eigenvalue weighted by Crippen LogP contribution is 2.23. The predicted octanol–water partition coefficient (Wildman–Crippen LogP) is 2.18. The first-order valence-electron chi connectivity index (χ1n) is 4.83. The number of nitro groups is 1. The van der Waals surface area contributed by atoms with Crippen molar-refractivity contribution < 1.29 is 4.92 Å². The summed E-state index contributed by atoms with van der Waals surface area (Å²) < 4.78 is 0. The van der Waals surface area contributed by atoms with E-state index in [1.165, 1.54) is 6.07 Å². The molecular formula is C11H16N2O2. The molecule has 82 valence electrons. The SMILES string of the molecule is Cc1c(CC(C)(C)N)cccc1[N+](=O)[O-]. The third kappa shape index (κ3) is 3.02. The van der Waals surface area contributed by atoms with Crippen LogP contribution in [0.25, 0.3) is 0 Å². The standard InChI is InChI=1S/C11H16N2O2/c1-8-9(7-11(2,3)12)5-4-6-10(8)13(14)15/h4-6H,7,12H2,1-3H3. The largest absolute Gasteiger partial charge is 0.325 e. The summed E-state index contributed by atoms with van der Waals surface area (Å²) >= 11 is 0. The molecule has 0 saturated heterocycles. The van der Waals surface area contributed by atoms with Crippen LogP contribution in [0.4, 0.5) is 5.69 Å². The molecule has 15 heavy (non-hydrogen) atoms. The van der Waals surface area contributed by atoms with Gasteiger partial charge in [-0.15, -0.1) is 0 Å². The van der Waals surface area contributed by atoms with E-state index in [1.807, 2.05) is 19.9 Å². The Morgan fingerprint density at radius 1 is 1.47 bits per heavy atom. The summed E-state index contributed by atoms with van der Waals surface area (Å²) in [7, 11) is 0. The number of hydrogen-bond donors (Lipinski definition) is 1. The van der Waals surface area contributed by atoms with Gasteiger partial charge in [0.25, 0.3) is 5.69 Å². The van der Waals surface area contributed by atoms with Crippen LogP contribution in [-0.2, 0) is 6.42 Å². The Morgan fingerprint density at radius 3 is 2.53 bits per heavy atom. The molecule has 1 aromatic rings. The highest BCUT2D eigenvalue weighted by atomic mass is 16.6. The van der Waals surface area contributed by atoms with Crippen molar-refractivity contribution in [1.82, 2.24) is 0 Å². The maximum Gasteiger partial charge on any atom is 0.272 e. The molecule has 0 aliphatic rings. The average molecular weight is 208 g/mol. The maximum absolute atomic E-state index is 10.7. The summed E-state index contributed by atoms with van der Waals surface area (Å²) in [5.41, 5.74) is 7.36. The number of benzene rings is 1. The van der Waals surface area contributed by atoms with Gasteiger partial charge in [0.05, 0.1) is 4.92 Å². The molecule has 0 unspecified atom stereocenters. The monoisotopic (exact) mass is 208 g/mol. The van der Waals surface area contributed by atoms with Crippen LogP contribution in [0.5, 0.6) is 0 Å². The second kappa shape index (κ2) is 3.98. The molecule has 0 radical (unpaired) electrons. The fraction of sp³-hybridized carbons (Fsp3) is 0.455. The Balaban J connectivity index is 3.10. The Bertz CT molecular complexity index is 381. The Morgan fingerprint density at radius 2 is 2.07 bits per heavy atom. The number of nitrogens with zero attached hydrogens (tertiary/aromatic N) is 1. The third-order valence-electron chi connectivity index (χ3n) is 2.26. The lowest BCUT2D eigenvalue weighted by atomic mass is 9.93. The van der Waals surface area contributed by atoms with Crippen molar-refractivity contribution in [3.63, 3.8) is 0 Å². The molecule has 0 fully saturated rings. The molecule has 0 spiro atoms. The molecule has 4 heteroatoms. The second-order valence-corrected chi connectivity index (χ2v) is 4.48. The first-order chi connectivity index (χ1) is 6.81. The highest BCUT2D eigenvalue weighted by Gasteiger charge is 2.18. The van der Waals surface area contributed by atoms with Gasteiger partial charge in [0, 0.05) is 17.2 Å². The van der Waals surface area contributed by atoms with Crippen LogP contribution in [0.2, 0.25) is 0 Å². The number of nitrogens with two attached hydrogens (primary N) is 1. The van der Waals surface area contributed by atoms with Gasteiger partial charge in [-0.2, -0.15) is 0 Å². The van der Waals surface area contributed by atoms with Crippen LogP contribution in [-0.4, -0.2) is 10.5 Å². The summed E-state index contributed by atoms with van der Waals surface area (Å²) in [5, 5.41) is 10.7. The van der Waals surface area contributed by atoms with Gasteiger partial charge in [0.15, 0.2) is 0 Å². The Labute approximate surface area is 89.2 Å². The molecule has 4 nitrogen and oxygen atoms in total. The van der Waals surface area contributed by atoms with E-state index in [0.29, 0.717) is 12.0 Å². The fourth-order valence-electron chi connectivity index (χ4n) is 1.55. The molecule has 0 aliphatic heterocycles. The van der Waals surface area contributed by atoms with Gasteiger partial charge in [-0.25, -0.2) is 0 Å². The zero-order chi connectivity index (χ0) is 11.6. The molecule has 1 aromatic carbocycles. The summed E-state index contributed by atoms with van der Waals surface area (Å²) in [4.78, 5) is 10.4. The molecule has 1 rings (SSSR count). The quantitative estimate of drug-likeness (QED) is 0.611. The van der Waals surface area contributed by atoms with Crippen LogP contribution in [0.3, 0.4) is 0 Å². The first-order valence-corrected chi connectivity index (χ1v) is 4.83. The lowest BCUT2D eigenvalue weighted by Crippen LogP contribution is -2.34. The van der Waals surface area contributed by atoms with Gasteiger partial charge in [-0.1, -0.05) is 12.1 Å². The van der Waals surface area contributed by atoms with Crippen molar-refractivity contribution in [2.45, 2.75) is 32.7 Å². The molecule has 2 N–H and O–H groups in total. The molecule has 0 saturated carbocycles. The molecule has 0 aromatic heterocycles. The van der Waals surface area contributed by atoms with Crippen LogP contribution < -0.4 is 5.73 Å². The van der Waals surface area contributed by atoms with Gasteiger partial charge >= 0.3 is 0 Å². The van der Waals surface area contributed by atoms with E-state index in [9.17, 15) is 10.1 Å². The van der Waals surface area contributed by atoms with E-state index in [2.05, 4.69) is 0 Å². The summed E-state index contributed by atoms with van der Waals surface area (Å²) in [6.45, 7) is 5.58. The van der Waals surface area contributed by atoms with E-state index in [4.69, 9.17) is 5.73 Å². The summed E-state index contributed by atoms with van der Waals surface area (Å²) in [6.07, 6.45) is 0.639. The van der Waals surface area contributed by atoms with Crippen LogP contribution in [0.15, 0.2) is 18.2 Å². The smallest absolute Gasteiger partial charge is 0.272 e. The minimum Gasteiger partial charge on any atom is -0.325 e. The minimum absolute atomic E-state index is 0.164. The van der Waals surface area contributed by atoms with Crippen molar-refractivity contribution in [3.05, 3.63) is 39.4 Å². The van der Waals surface area contributed by atoms with E-state index < -0.39 is 0 Å². The van der Waals surface area contributed by atoms with E-state index in [0.717, 1.165) is 5.56 Å². The van der Waals surface area contributed by atoms with E-state index in [-0.39, 0.29) is 16.1 Å². The molecule has 0 heterocycles. The minimum atomic E-state index is -0.359. The first kappa shape index (κ1) is 11.7. The zero-order valence-corrected chi connectivity index (χ0v) is 9.28. The van der Waals surface area contributed by atoms with Crippen molar-refractivity contribution in [2.24, 2.45) is 5.73 Å². The van der Waals surface area contributed by atoms with Gasteiger partial charge in [-0.05, 0) is 32.8 Å². The molecule has 0 aliphatic carbocycles. The van der Waals surface area contributed by atoms with Crippen LogP contribution in [0, 0.1) is 17.0 Å². The summed E-state index contributed by atoms with van der Waals surface area (Å²) in [5.74, 6) is 0.